The third-order valence-electron chi connectivity index (χ3n) is 3.33. The normalized spacial score (nSPS) is 14.0. The van der Waals surface area contributed by atoms with Crippen LogP contribution in [0.2, 0.25) is 0 Å². The molecule has 0 saturated carbocycles. The summed E-state index contributed by atoms with van der Waals surface area (Å²) < 4.78 is 6.13. The zero-order chi connectivity index (χ0) is 12.0. The van der Waals surface area contributed by atoms with E-state index in [0.29, 0.717) is 5.39 Å². The molecule has 4 heteroatoms. The highest BCUT2D eigenvalue weighted by molar-refractivity contribution is 9.10. The van der Waals surface area contributed by atoms with E-state index in [4.69, 9.17) is 4.74 Å². The molecule has 17 heavy (non-hydrogen) atoms. The fourth-order valence-corrected chi connectivity index (χ4v) is 3.02. The molecule has 0 aliphatic heterocycles. The Morgan fingerprint density at radius 1 is 1.35 bits per heavy atom. The van der Waals surface area contributed by atoms with Crippen molar-refractivity contribution in [3.05, 3.63) is 38.1 Å². The van der Waals surface area contributed by atoms with Gasteiger partial charge in [-0.3, -0.25) is 4.79 Å². The lowest BCUT2D eigenvalue weighted by molar-refractivity contribution is 0.418. The van der Waals surface area contributed by atoms with Crippen LogP contribution in [-0.2, 0) is 12.8 Å². The molecule has 1 aliphatic rings. The van der Waals surface area contributed by atoms with Gasteiger partial charge in [0.05, 0.1) is 18.0 Å². The summed E-state index contributed by atoms with van der Waals surface area (Å²) in [5.74, 6) is 0.718. The molecule has 0 atom stereocenters. The van der Waals surface area contributed by atoms with Crippen LogP contribution in [-0.4, -0.2) is 12.1 Å². The molecule has 1 N–H and O–H groups in total. The first kappa shape index (κ1) is 10.8. The fraction of sp³-hybridized carbons (Fsp3) is 0.308. The Hall–Kier alpha value is -1.29. The maximum atomic E-state index is 12.4. The van der Waals surface area contributed by atoms with E-state index in [2.05, 4.69) is 20.9 Å². The predicted octanol–water partition coefficient (Wildman–Crippen LogP) is 2.79. The first-order chi connectivity index (χ1) is 8.22. The average molecular weight is 294 g/mol. The number of fused-ring (bicyclic) bond motifs is 2. The second kappa shape index (κ2) is 3.88. The second-order valence-corrected chi connectivity index (χ2v) is 5.12. The summed E-state index contributed by atoms with van der Waals surface area (Å²) >= 11 is 3.44. The van der Waals surface area contributed by atoms with E-state index in [1.165, 1.54) is 0 Å². The highest BCUT2D eigenvalue weighted by atomic mass is 79.9. The molecule has 3 nitrogen and oxygen atoms in total. The molecule has 1 aliphatic carbocycles. The average Bonchev–Trinajstić information content (AvgIpc) is 2.78. The lowest BCUT2D eigenvalue weighted by Crippen LogP contribution is -2.11. The molecule has 1 aromatic carbocycles. The summed E-state index contributed by atoms with van der Waals surface area (Å²) in [4.78, 5) is 15.8. The van der Waals surface area contributed by atoms with Crippen LogP contribution in [0.1, 0.15) is 17.7 Å². The Morgan fingerprint density at radius 3 is 2.94 bits per heavy atom. The smallest absolute Gasteiger partial charge is 0.194 e. The topological polar surface area (TPSA) is 42.1 Å². The van der Waals surface area contributed by atoms with Crippen LogP contribution in [0.15, 0.2) is 21.4 Å². The molecular formula is C13H12BrNO2. The van der Waals surface area contributed by atoms with Crippen LogP contribution in [0.3, 0.4) is 0 Å². The first-order valence-electron chi connectivity index (χ1n) is 5.62. The van der Waals surface area contributed by atoms with Crippen LogP contribution in [0, 0.1) is 0 Å². The summed E-state index contributed by atoms with van der Waals surface area (Å²) in [6, 6.07) is 3.72. The maximum absolute atomic E-state index is 12.4. The number of halogens is 1. The van der Waals surface area contributed by atoms with Crippen molar-refractivity contribution in [3.8, 4) is 5.75 Å². The molecule has 0 unspecified atom stereocenters. The summed E-state index contributed by atoms with van der Waals surface area (Å²) in [5, 5.41) is 0.699. The number of hydrogen-bond donors (Lipinski definition) is 1. The van der Waals surface area contributed by atoms with Gasteiger partial charge >= 0.3 is 0 Å². The molecular weight excluding hydrogens is 282 g/mol. The van der Waals surface area contributed by atoms with Gasteiger partial charge in [0.2, 0.25) is 0 Å². The predicted molar refractivity (Wildman–Crippen MR) is 70.8 cm³/mol. The second-order valence-electron chi connectivity index (χ2n) is 4.26. The SMILES string of the molecule is COc1ccc(Br)c2c(=O)c3c([nH]c12)CCC3. The van der Waals surface area contributed by atoms with E-state index < -0.39 is 0 Å². The quantitative estimate of drug-likeness (QED) is 0.878. The zero-order valence-electron chi connectivity index (χ0n) is 9.47. The van der Waals surface area contributed by atoms with Crippen LogP contribution in [0.25, 0.3) is 10.9 Å². The van der Waals surface area contributed by atoms with Gasteiger partial charge in [0.25, 0.3) is 0 Å². The van der Waals surface area contributed by atoms with Crippen molar-refractivity contribution < 1.29 is 4.74 Å². The van der Waals surface area contributed by atoms with E-state index in [1.54, 1.807) is 7.11 Å². The van der Waals surface area contributed by atoms with Crippen molar-refractivity contribution in [2.45, 2.75) is 19.3 Å². The first-order valence-corrected chi connectivity index (χ1v) is 6.42. The van der Waals surface area contributed by atoms with Crippen molar-refractivity contribution in [1.82, 2.24) is 4.98 Å². The van der Waals surface area contributed by atoms with Gasteiger partial charge in [0.15, 0.2) is 5.43 Å². The number of aryl methyl sites for hydroxylation is 1. The van der Waals surface area contributed by atoms with Gasteiger partial charge in [-0.15, -0.1) is 0 Å². The van der Waals surface area contributed by atoms with Crippen molar-refractivity contribution in [1.29, 1.82) is 0 Å². The number of ether oxygens (including phenoxy) is 1. The fourth-order valence-electron chi connectivity index (χ4n) is 2.51. The Bertz CT molecular complexity index is 660. The largest absolute Gasteiger partial charge is 0.495 e. The lowest BCUT2D eigenvalue weighted by atomic mass is 10.1. The Kier molecular flexibility index (Phi) is 2.47. The van der Waals surface area contributed by atoms with Gasteiger partial charge in [0.1, 0.15) is 5.75 Å². The van der Waals surface area contributed by atoms with Crippen LogP contribution >= 0.6 is 15.9 Å². The van der Waals surface area contributed by atoms with E-state index in [0.717, 1.165) is 46.3 Å². The summed E-state index contributed by atoms with van der Waals surface area (Å²) in [6.07, 6.45) is 2.89. The maximum Gasteiger partial charge on any atom is 0.194 e. The Labute approximate surface area is 107 Å². The van der Waals surface area contributed by atoms with E-state index in [1.807, 2.05) is 12.1 Å². The summed E-state index contributed by atoms with van der Waals surface area (Å²) in [5.41, 5.74) is 2.94. The standard InChI is InChI=1S/C13H12BrNO2/c1-17-10-6-5-8(14)11-12(10)15-9-4-2-3-7(9)13(11)16/h5-6H,2-4H2,1H3,(H,15,16). The highest BCUT2D eigenvalue weighted by Crippen LogP contribution is 2.30. The Morgan fingerprint density at radius 2 is 2.18 bits per heavy atom. The van der Waals surface area contributed by atoms with Gasteiger partial charge < -0.3 is 9.72 Å². The minimum atomic E-state index is 0.136. The van der Waals surface area contributed by atoms with Gasteiger partial charge in [-0.25, -0.2) is 0 Å². The van der Waals surface area contributed by atoms with E-state index in [9.17, 15) is 4.79 Å². The minimum absolute atomic E-state index is 0.136. The van der Waals surface area contributed by atoms with E-state index in [-0.39, 0.29) is 5.43 Å². The number of H-pyrrole nitrogens is 1. The molecule has 1 aromatic heterocycles. The van der Waals surface area contributed by atoms with Crippen LogP contribution < -0.4 is 10.2 Å². The number of aromatic amines is 1. The van der Waals surface area contributed by atoms with Gasteiger partial charge in [-0.05, 0) is 47.3 Å². The molecule has 0 bridgehead atoms. The van der Waals surface area contributed by atoms with Gasteiger partial charge in [-0.1, -0.05) is 0 Å². The third kappa shape index (κ3) is 1.51. The van der Waals surface area contributed by atoms with E-state index >= 15 is 0 Å². The lowest BCUT2D eigenvalue weighted by Gasteiger charge is -2.09. The van der Waals surface area contributed by atoms with Crippen molar-refractivity contribution in [2.24, 2.45) is 0 Å². The number of rotatable bonds is 1. The van der Waals surface area contributed by atoms with Crippen LogP contribution in [0.4, 0.5) is 0 Å². The molecule has 0 fully saturated rings. The summed E-state index contributed by atoms with van der Waals surface area (Å²) in [6.45, 7) is 0. The van der Waals surface area contributed by atoms with Crippen molar-refractivity contribution >= 4 is 26.8 Å². The zero-order valence-corrected chi connectivity index (χ0v) is 11.1. The molecule has 1 heterocycles. The molecule has 88 valence electrons. The third-order valence-corrected chi connectivity index (χ3v) is 3.99. The number of nitrogens with one attached hydrogen (secondary N) is 1. The Balaban J connectivity index is 2.50. The van der Waals surface area contributed by atoms with Crippen molar-refractivity contribution in [2.75, 3.05) is 7.11 Å². The monoisotopic (exact) mass is 293 g/mol. The van der Waals surface area contributed by atoms with Crippen molar-refractivity contribution in [3.63, 3.8) is 0 Å². The molecule has 0 radical (unpaired) electrons. The number of methoxy groups -OCH3 is 1. The molecule has 0 saturated heterocycles. The molecule has 0 spiro atoms. The molecule has 3 rings (SSSR count). The van der Waals surface area contributed by atoms with Gasteiger partial charge in [-0.2, -0.15) is 0 Å². The van der Waals surface area contributed by atoms with Crippen LogP contribution in [0.5, 0.6) is 5.75 Å². The highest BCUT2D eigenvalue weighted by Gasteiger charge is 2.19. The number of hydrogen-bond acceptors (Lipinski definition) is 2. The number of aromatic nitrogens is 1. The number of pyridine rings is 1. The number of benzene rings is 1. The molecule has 2 aromatic rings. The minimum Gasteiger partial charge on any atom is -0.495 e. The molecule has 0 amide bonds. The summed E-state index contributed by atoms with van der Waals surface area (Å²) in [7, 11) is 1.62. The van der Waals surface area contributed by atoms with Gasteiger partial charge in [0, 0.05) is 15.7 Å².